The van der Waals surface area contributed by atoms with Gasteiger partial charge in [-0.05, 0) is 49.2 Å². The highest BCUT2D eigenvalue weighted by molar-refractivity contribution is 6.32. The number of hydrogen-bond acceptors (Lipinski definition) is 3. The van der Waals surface area contributed by atoms with E-state index >= 15 is 0 Å². The highest BCUT2D eigenvalue weighted by atomic mass is 35.5. The van der Waals surface area contributed by atoms with E-state index in [-0.39, 0.29) is 12.5 Å². The van der Waals surface area contributed by atoms with Crippen molar-refractivity contribution in [1.82, 2.24) is 4.90 Å². The topological polar surface area (TPSA) is 38.8 Å². The van der Waals surface area contributed by atoms with E-state index in [4.69, 9.17) is 32.7 Å². The lowest BCUT2D eigenvalue weighted by atomic mass is 10.3. The van der Waals surface area contributed by atoms with Gasteiger partial charge in [-0.3, -0.25) is 4.79 Å². The molecule has 0 bridgehead atoms. The molecule has 0 radical (unpaired) electrons. The van der Waals surface area contributed by atoms with Crippen molar-refractivity contribution >= 4 is 29.1 Å². The first-order chi connectivity index (χ1) is 12.1. The van der Waals surface area contributed by atoms with Gasteiger partial charge in [-0.15, -0.1) is 0 Å². The van der Waals surface area contributed by atoms with Crippen molar-refractivity contribution in [1.29, 1.82) is 0 Å². The van der Waals surface area contributed by atoms with Crippen molar-refractivity contribution < 1.29 is 14.3 Å². The van der Waals surface area contributed by atoms with E-state index in [0.29, 0.717) is 28.9 Å². The number of likely N-dealkylation sites (N-methyl/N-ethyl adjacent to an activating group) is 1. The van der Waals surface area contributed by atoms with Crippen LogP contribution in [0.3, 0.4) is 0 Å². The SMILES string of the molecule is CN(CCCCOc1ccc(Cl)cc1)C(=O)COc1ccccc1Cl. The molecule has 0 unspecified atom stereocenters. The number of para-hydroxylation sites is 1. The number of benzene rings is 2. The molecule has 0 aliphatic heterocycles. The van der Waals surface area contributed by atoms with Crippen LogP contribution in [-0.2, 0) is 4.79 Å². The van der Waals surface area contributed by atoms with E-state index in [1.165, 1.54) is 0 Å². The lowest BCUT2D eigenvalue weighted by Crippen LogP contribution is -2.32. The lowest BCUT2D eigenvalue weighted by molar-refractivity contribution is -0.132. The molecular weight excluding hydrogens is 361 g/mol. The van der Waals surface area contributed by atoms with Crippen LogP contribution in [0.2, 0.25) is 10.0 Å². The number of nitrogens with zero attached hydrogens (tertiary/aromatic N) is 1. The Hall–Kier alpha value is -1.91. The third-order valence-corrected chi connectivity index (χ3v) is 4.15. The first-order valence-corrected chi connectivity index (χ1v) is 8.81. The van der Waals surface area contributed by atoms with Gasteiger partial charge in [0.1, 0.15) is 11.5 Å². The second kappa shape index (κ2) is 10.2. The highest BCUT2D eigenvalue weighted by Crippen LogP contribution is 2.23. The molecule has 0 N–H and O–H groups in total. The second-order valence-corrected chi connectivity index (χ2v) is 6.39. The minimum Gasteiger partial charge on any atom is -0.494 e. The number of carbonyl (C=O) groups is 1. The number of ether oxygens (including phenoxy) is 2. The van der Waals surface area contributed by atoms with Crippen LogP contribution in [0.1, 0.15) is 12.8 Å². The lowest BCUT2D eigenvalue weighted by Gasteiger charge is -2.17. The van der Waals surface area contributed by atoms with Gasteiger partial charge in [-0.2, -0.15) is 0 Å². The molecule has 0 saturated carbocycles. The zero-order chi connectivity index (χ0) is 18.1. The standard InChI is InChI=1S/C19H21Cl2NO3/c1-22(19(23)14-25-18-7-3-2-6-17(18)21)12-4-5-13-24-16-10-8-15(20)9-11-16/h2-3,6-11H,4-5,12-14H2,1H3. The predicted octanol–water partition coefficient (Wildman–Crippen LogP) is 4.69. The van der Waals surface area contributed by atoms with E-state index in [1.54, 1.807) is 36.2 Å². The summed E-state index contributed by atoms with van der Waals surface area (Å²) in [4.78, 5) is 13.7. The van der Waals surface area contributed by atoms with Gasteiger partial charge >= 0.3 is 0 Å². The minimum atomic E-state index is -0.0847. The fourth-order valence-corrected chi connectivity index (χ4v) is 2.42. The Labute approximate surface area is 158 Å². The van der Waals surface area contributed by atoms with Gasteiger partial charge in [-0.1, -0.05) is 35.3 Å². The van der Waals surface area contributed by atoms with Gasteiger partial charge in [-0.25, -0.2) is 0 Å². The zero-order valence-corrected chi connectivity index (χ0v) is 15.6. The van der Waals surface area contributed by atoms with Gasteiger partial charge in [0.15, 0.2) is 6.61 Å². The van der Waals surface area contributed by atoms with Crippen molar-refractivity contribution in [2.24, 2.45) is 0 Å². The minimum absolute atomic E-state index is 0.0263. The molecule has 0 heterocycles. The molecule has 2 aromatic rings. The number of rotatable bonds is 9. The summed E-state index contributed by atoms with van der Waals surface area (Å²) in [5, 5.41) is 1.18. The molecule has 2 aromatic carbocycles. The van der Waals surface area contributed by atoms with Crippen LogP contribution in [0.15, 0.2) is 48.5 Å². The fraction of sp³-hybridized carbons (Fsp3) is 0.316. The summed E-state index contributed by atoms with van der Waals surface area (Å²) in [6.45, 7) is 1.22. The van der Waals surface area contributed by atoms with Gasteiger partial charge in [0, 0.05) is 18.6 Å². The van der Waals surface area contributed by atoms with E-state index in [1.807, 2.05) is 24.3 Å². The highest BCUT2D eigenvalue weighted by Gasteiger charge is 2.10. The Morgan fingerprint density at radius 1 is 1.00 bits per heavy atom. The molecule has 4 nitrogen and oxygen atoms in total. The maximum atomic E-state index is 12.1. The number of halogens is 2. The van der Waals surface area contributed by atoms with E-state index in [0.717, 1.165) is 18.6 Å². The largest absolute Gasteiger partial charge is 0.494 e. The molecule has 0 aromatic heterocycles. The summed E-state index contributed by atoms with van der Waals surface area (Å²) in [6.07, 6.45) is 1.70. The number of hydrogen-bond donors (Lipinski definition) is 0. The van der Waals surface area contributed by atoms with Crippen molar-refractivity contribution in [3.8, 4) is 11.5 Å². The third kappa shape index (κ3) is 6.85. The Kier molecular flexibility index (Phi) is 7.89. The van der Waals surface area contributed by atoms with E-state index in [2.05, 4.69) is 0 Å². The van der Waals surface area contributed by atoms with Crippen LogP contribution in [0.5, 0.6) is 11.5 Å². The summed E-state index contributed by atoms with van der Waals surface area (Å²) < 4.78 is 11.1. The third-order valence-electron chi connectivity index (χ3n) is 3.58. The molecule has 6 heteroatoms. The Morgan fingerprint density at radius 2 is 1.72 bits per heavy atom. The number of amides is 1. The average molecular weight is 382 g/mol. The molecule has 2 rings (SSSR count). The average Bonchev–Trinajstić information content (AvgIpc) is 2.62. The molecule has 1 amide bonds. The molecular formula is C19H21Cl2NO3. The van der Waals surface area contributed by atoms with Crippen LogP contribution < -0.4 is 9.47 Å². The zero-order valence-electron chi connectivity index (χ0n) is 14.1. The van der Waals surface area contributed by atoms with E-state index < -0.39 is 0 Å². The summed E-state index contributed by atoms with van der Waals surface area (Å²) >= 11 is 11.8. The Morgan fingerprint density at radius 3 is 2.44 bits per heavy atom. The molecule has 134 valence electrons. The van der Waals surface area contributed by atoms with Crippen molar-refractivity contribution in [2.45, 2.75) is 12.8 Å². The quantitative estimate of drug-likeness (QED) is 0.591. The van der Waals surface area contributed by atoms with E-state index in [9.17, 15) is 4.79 Å². The van der Waals surface area contributed by atoms with Crippen LogP contribution in [0, 0.1) is 0 Å². The molecule has 25 heavy (non-hydrogen) atoms. The fourth-order valence-electron chi connectivity index (χ4n) is 2.11. The van der Waals surface area contributed by atoms with Crippen LogP contribution in [0.25, 0.3) is 0 Å². The van der Waals surface area contributed by atoms with Gasteiger partial charge in [0.05, 0.1) is 11.6 Å². The molecule has 0 fully saturated rings. The summed E-state index contributed by atoms with van der Waals surface area (Å²) in [5.74, 6) is 1.22. The van der Waals surface area contributed by atoms with Crippen LogP contribution in [-0.4, -0.2) is 37.6 Å². The van der Waals surface area contributed by atoms with Crippen LogP contribution >= 0.6 is 23.2 Å². The maximum absolute atomic E-state index is 12.1. The summed E-state index contributed by atoms with van der Waals surface area (Å²) in [7, 11) is 1.76. The second-order valence-electron chi connectivity index (χ2n) is 5.54. The number of unbranched alkanes of at least 4 members (excludes halogenated alkanes) is 1. The monoisotopic (exact) mass is 381 g/mol. The van der Waals surface area contributed by atoms with Crippen molar-refractivity contribution in [2.75, 3.05) is 26.8 Å². The maximum Gasteiger partial charge on any atom is 0.260 e. The first-order valence-electron chi connectivity index (χ1n) is 8.06. The predicted molar refractivity (Wildman–Crippen MR) is 101 cm³/mol. The number of carbonyl (C=O) groups excluding carboxylic acids is 1. The van der Waals surface area contributed by atoms with Crippen molar-refractivity contribution in [3.63, 3.8) is 0 Å². The van der Waals surface area contributed by atoms with Gasteiger partial charge < -0.3 is 14.4 Å². The Balaban J connectivity index is 1.61. The summed E-state index contributed by atoms with van der Waals surface area (Å²) in [5.41, 5.74) is 0. The molecule has 0 aliphatic rings. The molecule has 0 saturated heterocycles. The van der Waals surface area contributed by atoms with Crippen molar-refractivity contribution in [3.05, 3.63) is 58.6 Å². The van der Waals surface area contributed by atoms with Crippen LogP contribution in [0.4, 0.5) is 0 Å². The summed E-state index contributed by atoms with van der Waals surface area (Å²) in [6, 6.07) is 14.4. The smallest absolute Gasteiger partial charge is 0.260 e. The van der Waals surface area contributed by atoms with Gasteiger partial charge in [0.2, 0.25) is 0 Å². The molecule has 0 spiro atoms. The Bertz CT molecular complexity index is 677. The normalized spacial score (nSPS) is 10.4. The molecule has 0 atom stereocenters. The van der Waals surface area contributed by atoms with Gasteiger partial charge in [0.25, 0.3) is 5.91 Å². The molecule has 0 aliphatic carbocycles. The first kappa shape index (κ1) is 19.4.